The summed E-state index contributed by atoms with van der Waals surface area (Å²) in [6.45, 7) is 12.6. The van der Waals surface area contributed by atoms with Crippen LogP contribution in [-0.2, 0) is 9.47 Å². The molecule has 0 aromatic rings. The van der Waals surface area contributed by atoms with E-state index in [2.05, 4.69) is 41.3 Å². The van der Waals surface area contributed by atoms with Gasteiger partial charge in [-0.25, -0.2) is 0 Å². The van der Waals surface area contributed by atoms with Crippen LogP contribution in [-0.4, -0.2) is 75.5 Å². The SMILES string of the molecule is CN=C(NCC1CN2CCCC2CO1)NCC1CCCOC1C(C)(C)C.I. The number of aliphatic imine (C=N–C) groups is 1. The number of rotatable bonds is 4. The quantitative estimate of drug-likeness (QED) is 0.358. The van der Waals surface area contributed by atoms with Crippen LogP contribution in [0.2, 0.25) is 0 Å². The van der Waals surface area contributed by atoms with Crippen LogP contribution in [0.4, 0.5) is 0 Å². The molecule has 0 aromatic carbocycles. The third-order valence-electron chi connectivity index (χ3n) is 6.01. The van der Waals surface area contributed by atoms with E-state index >= 15 is 0 Å². The van der Waals surface area contributed by atoms with E-state index in [4.69, 9.17) is 9.47 Å². The fourth-order valence-corrected chi connectivity index (χ4v) is 4.68. The van der Waals surface area contributed by atoms with E-state index < -0.39 is 0 Å². The van der Waals surface area contributed by atoms with Crippen LogP contribution in [0.15, 0.2) is 4.99 Å². The molecule has 3 rings (SSSR count). The van der Waals surface area contributed by atoms with E-state index in [0.717, 1.165) is 45.2 Å². The zero-order valence-electron chi connectivity index (χ0n) is 17.5. The lowest BCUT2D eigenvalue weighted by Gasteiger charge is -2.40. The van der Waals surface area contributed by atoms with Crippen molar-refractivity contribution in [3.05, 3.63) is 0 Å². The monoisotopic (exact) mass is 494 g/mol. The summed E-state index contributed by atoms with van der Waals surface area (Å²) in [5.74, 6) is 1.40. The van der Waals surface area contributed by atoms with Crippen molar-refractivity contribution in [2.45, 2.75) is 64.7 Å². The van der Waals surface area contributed by atoms with E-state index in [1.165, 1.54) is 25.8 Å². The summed E-state index contributed by atoms with van der Waals surface area (Å²) < 4.78 is 12.1. The number of morpholine rings is 1. The van der Waals surface area contributed by atoms with Crippen LogP contribution in [0.5, 0.6) is 0 Å². The average molecular weight is 494 g/mol. The van der Waals surface area contributed by atoms with Gasteiger partial charge in [-0.15, -0.1) is 24.0 Å². The fraction of sp³-hybridized carbons (Fsp3) is 0.950. The van der Waals surface area contributed by atoms with Gasteiger partial charge in [-0.3, -0.25) is 9.89 Å². The van der Waals surface area contributed by atoms with Crippen LogP contribution >= 0.6 is 24.0 Å². The molecule has 6 nitrogen and oxygen atoms in total. The van der Waals surface area contributed by atoms with Crippen molar-refractivity contribution in [1.82, 2.24) is 15.5 Å². The van der Waals surface area contributed by atoms with Gasteiger partial charge in [-0.2, -0.15) is 0 Å². The minimum absolute atomic E-state index is 0. The molecular formula is C20H39IN4O2. The predicted octanol–water partition coefficient (Wildman–Crippen LogP) is 2.47. The molecule has 0 bridgehead atoms. The summed E-state index contributed by atoms with van der Waals surface area (Å²) in [5.41, 5.74) is 0.173. The Morgan fingerprint density at radius 3 is 2.63 bits per heavy atom. The van der Waals surface area contributed by atoms with Crippen molar-refractivity contribution in [2.24, 2.45) is 16.3 Å². The van der Waals surface area contributed by atoms with E-state index in [0.29, 0.717) is 18.1 Å². The first-order chi connectivity index (χ1) is 12.5. The zero-order chi connectivity index (χ0) is 18.6. The average Bonchev–Trinajstić information content (AvgIpc) is 3.09. The molecule has 4 unspecified atom stereocenters. The van der Waals surface area contributed by atoms with Crippen LogP contribution in [0.1, 0.15) is 46.5 Å². The molecule has 3 fully saturated rings. The summed E-state index contributed by atoms with van der Waals surface area (Å²) >= 11 is 0. The van der Waals surface area contributed by atoms with Crippen LogP contribution in [0.25, 0.3) is 0 Å². The van der Waals surface area contributed by atoms with Gasteiger partial charge in [0.2, 0.25) is 0 Å². The third kappa shape index (κ3) is 6.44. The van der Waals surface area contributed by atoms with Gasteiger partial charge in [0.15, 0.2) is 5.96 Å². The van der Waals surface area contributed by atoms with E-state index in [1.807, 2.05) is 7.05 Å². The molecule has 0 saturated carbocycles. The highest BCUT2D eigenvalue weighted by atomic mass is 127. The van der Waals surface area contributed by atoms with E-state index in [1.54, 1.807) is 0 Å². The van der Waals surface area contributed by atoms with Crippen LogP contribution in [0, 0.1) is 11.3 Å². The van der Waals surface area contributed by atoms with E-state index in [-0.39, 0.29) is 35.5 Å². The van der Waals surface area contributed by atoms with Gasteiger partial charge in [0, 0.05) is 45.2 Å². The second kappa shape index (κ2) is 10.6. The lowest BCUT2D eigenvalue weighted by molar-refractivity contribution is -0.0835. The number of hydrogen-bond donors (Lipinski definition) is 2. The van der Waals surface area contributed by atoms with Gasteiger partial charge < -0.3 is 20.1 Å². The number of guanidine groups is 1. The molecule has 0 spiro atoms. The largest absolute Gasteiger partial charge is 0.377 e. The normalized spacial score (nSPS) is 32.5. The standard InChI is InChI=1S/C20H38N4O2.HI/c1-20(2,3)18-15(7-6-10-25-18)11-22-19(21-4)23-12-17-13-24-9-5-8-16(24)14-26-17;/h15-18H,5-14H2,1-4H3,(H2,21,22,23);1H. The number of fused-ring (bicyclic) bond motifs is 1. The minimum Gasteiger partial charge on any atom is -0.377 e. The Balaban J connectivity index is 0.00000261. The van der Waals surface area contributed by atoms with Crippen molar-refractivity contribution >= 4 is 29.9 Å². The number of ether oxygens (including phenoxy) is 2. The Bertz CT molecular complexity index is 483. The maximum Gasteiger partial charge on any atom is 0.191 e. The molecule has 158 valence electrons. The molecule has 7 heteroatoms. The maximum absolute atomic E-state index is 6.09. The Hall–Kier alpha value is -0.120. The Kier molecular flexibility index (Phi) is 9.09. The van der Waals surface area contributed by atoms with Crippen molar-refractivity contribution < 1.29 is 9.47 Å². The van der Waals surface area contributed by atoms with Gasteiger partial charge in [0.25, 0.3) is 0 Å². The summed E-state index contributed by atoms with van der Waals surface area (Å²) in [6, 6.07) is 0.657. The second-order valence-electron chi connectivity index (χ2n) is 9.14. The molecule has 3 aliphatic rings. The second-order valence-corrected chi connectivity index (χ2v) is 9.14. The Labute approximate surface area is 182 Å². The summed E-state index contributed by atoms with van der Waals surface area (Å²) in [7, 11) is 1.84. The van der Waals surface area contributed by atoms with Gasteiger partial charge in [-0.05, 0) is 37.6 Å². The topological polar surface area (TPSA) is 58.1 Å². The lowest BCUT2D eigenvalue weighted by Crippen LogP contribution is -2.52. The van der Waals surface area contributed by atoms with Crippen LogP contribution < -0.4 is 10.6 Å². The Morgan fingerprint density at radius 1 is 1.11 bits per heavy atom. The molecule has 0 amide bonds. The van der Waals surface area contributed by atoms with Crippen molar-refractivity contribution in [3.8, 4) is 0 Å². The smallest absolute Gasteiger partial charge is 0.191 e. The highest BCUT2D eigenvalue weighted by Crippen LogP contribution is 2.33. The molecule has 0 aliphatic carbocycles. The highest BCUT2D eigenvalue weighted by Gasteiger charge is 2.35. The molecule has 2 N–H and O–H groups in total. The van der Waals surface area contributed by atoms with Crippen LogP contribution in [0.3, 0.4) is 0 Å². The van der Waals surface area contributed by atoms with Gasteiger partial charge in [-0.1, -0.05) is 20.8 Å². The maximum atomic E-state index is 6.09. The molecule has 0 aromatic heterocycles. The first kappa shape index (κ1) is 23.2. The first-order valence-corrected chi connectivity index (χ1v) is 10.4. The summed E-state index contributed by atoms with van der Waals surface area (Å²) in [4.78, 5) is 6.98. The number of hydrogen-bond acceptors (Lipinski definition) is 4. The van der Waals surface area contributed by atoms with E-state index in [9.17, 15) is 0 Å². The molecule has 3 aliphatic heterocycles. The summed E-state index contributed by atoms with van der Waals surface area (Å²) in [5, 5.41) is 6.98. The van der Waals surface area contributed by atoms with Gasteiger partial charge >= 0.3 is 0 Å². The predicted molar refractivity (Wildman–Crippen MR) is 121 cm³/mol. The Morgan fingerprint density at radius 2 is 1.89 bits per heavy atom. The molecular weight excluding hydrogens is 455 g/mol. The minimum atomic E-state index is 0. The molecule has 4 atom stereocenters. The zero-order valence-corrected chi connectivity index (χ0v) is 19.8. The molecule has 3 saturated heterocycles. The molecule has 3 heterocycles. The first-order valence-electron chi connectivity index (χ1n) is 10.4. The molecule has 27 heavy (non-hydrogen) atoms. The van der Waals surface area contributed by atoms with Gasteiger partial charge in [0.05, 0.1) is 18.8 Å². The number of nitrogens with one attached hydrogen (secondary N) is 2. The van der Waals surface area contributed by atoms with Gasteiger partial charge in [0.1, 0.15) is 0 Å². The molecule has 0 radical (unpaired) electrons. The van der Waals surface area contributed by atoms with Crippen molar-refractivity contribution in [1.29, 1.82) is 0 Å². The number of nitrogens with zero attached hydrogens (tertiary/aromatic N) is 2. The highest BCUT2D eigenvalue weighted by molar-refractivity contribution is 14.0. The lowest BCUT2D eigenvalue weighted by atomic mass is 9.78. The third-order valence-corrected chi connectivity index (χ3v) is 6.01. The van der Waals surface area contributed by atoms with Crippen molar-refractivity contribution in [2.75, 3.05) is 46.4 Å². The fourth-order valence-electron chi connectivity index (χ4n) is 4.68. The summed E-state index contributed by atoms with van der Waals surface area (Å²) in [6.07, 6.45) is 5.53. The number of halogens is 1. The van der Waals surface area contributed by atoms with Crippen molar-refractivity contribution in [3.63, 3.8) is 0 Å².